The van der Waals surface area contributed by atoms with Gasteiger partial charge in [-0.15, -0.1) is 0 Å². The first-order valence-electron chi connectivity index (χ1n) is 11.2. The zero-order valence-electron chi connectivity index (χ0n) is 19.4. The SMILES string of the molecule is CCN(CC)C1=NC(=C(c2ccccc2)c2ccccc2)SC1(C)S(=O)(=O)c1ccc(Cl)cc1. The molecule has 0 aromatic heterocycles. The van der Waals surface area contributed by atoms with Crippen molar-refractivity contribution in [2.75, 3.05) is 13.1 Å². The molecule has 34 heavy (non-hydrogen) atoms. The number of hydrogen-bond donors (Lipinski definition) is 0. The summed E-state index contributed by atoms with van der Waals surface area (Å²) >= 11 is 7.34. The lowest BCUT2D eigenvalue weighted by molar-refractivity contribution is 0.453. The number of hydrogen-bond acceptors (Lipinski definition) is 5. The van der Waals surface area contributed by atoms with E-state index in [1.165, 1.54) is 11.8 Å². The fourth-order valence-corrected chi connectivity index (χ4v) is 7.63. The Balaban J connectivity index is 1.97. The van der Waals surface area contributed by atoms with E-state index in [1.54, 1.807) is 31.2 Å². The van der Waals surface area contributed by atoms with Gasteiger partial charge in [-0.05, 0) is 56.2 Å². The Morgan fingerprint density at radius 2 is 1.38 bits per heavy atom. The van der Waals surface area contributed by atoms with Crippen LogP contribution in [0.4, 0.5) is 0 Å². The lowest BCUT2D eigenvalue weighted by Crippen LogP contribution is -2.47. The van der Waals surface area contributed by atoms with Gasteiger partial charge in [0.05, 0.1) is 4.90 Å². The second-order valence-corrected chi connectivity index (χ2v) is 12.4. The Morgan fingerprint density at radius 3 is 1.85 bits per heavy atom. The number of nitrogens with zero attached hydrogens (tertiary/aromatic N) is 2. The van der Waals surface area contributed by atoms with Crippen LogP contribution >= 0.6 is 23.4 Å². The zero-order chi connectivity index (χ0) is 24.3. The van der Waals surface area contributed by atoms with Crippen molar-refractivity contribution in [1.82, 2.24) is 4.90 Å². The summed E-state index contributed by atoms with van der Waals surface area (Å²) in [6, 6.07) is 26.4. The highest BCUT2D eigenvalue weighted by molar-refractivity contribution is 8.18. The van der Waals surface area contributed by atoms with Crippen molar-refractivity contribution in [3.63, 3.8) is 0 Å². The van der Waals surface area contributed by atoms with E-state index in [2.05, 4.69) is 0 Å². The van der Waals surface area contributed by atoms with Crippen molar-refractivity contribution in [3.8, 4) is 0 Å². The van der Waals surface area contributed by atoms with Gasteiger partial charge in [0.2, 0.25) is 9.84 Å². The number of halogens is 1. The molecule has 0 saturated heterocycles. The van der Waals surface area contributed by atoms with Gasteiger partial charge in [-0.3, -0.25) is 0 Å². The predicted molar refractivity (Wildman–Crippen MR) is 144 cm³/mol. The molecule has 0 saturated carbocycles. The van der Waals surface area contributed by atoms with Crippen molar-refractivity contribution in [2.24, 2.45) is 4.99 Å². The molecule has 0 N–H and O–H groups in total. The highest BCUT2D eigenvalue weighted by Gasteiger charge is 2.52. The van der Waals surface area contributed by atoms with Gasteiger partial charge >= 0.3 is 0 Å². The Morgan fingerprint density at radius 1 is 0.882 bits per heavy atom. The monoisotopic (exact) mass is 510 g/mol. The van der Waals surface area contributed by atoms with Crippen LogP contribution in [0.3, 0.4) is 0 Å². The van der Waals surface area contributed by atoms with Crippen LogP contribution in [-0.2, 0) is 9.84 Å². The van der Waals surface area contributed by atoms with Crippen LogP contribution in [0.25, 0.3) is 5.57 Å². The summed E-state index contributed by atoms with van der Waals surface area (Å²) in [5, 5.41) is 1.19. The molecule has 1 aliphatic rings. The van der Waals surface area contributed by atoms with Crippen LogP contribution in [0.1, 0.15) is 31.9 Å². The largest absolute Gasteiger partial charge is 0.359 e. The first-order valence-corrected chi connectivity index (χ1v) is 13.9. The minimum Gasteiger partial charge on any atom is -0.359 e. The second-order valence-electron chi connectivity index (χ2n) is 8.03. The molecular weight excluding hydrogens is 484 g/mol. The summed E-state index contributed by atoms with van der Waals surface area (Å²) in [7, 11) is -3.80. The molecular formula is C27H27ClN2O2S2. The highest BCUT2D eigenvalue weighted by atomic mass is 35.5. The number of thioether (sulfide) groups is 1. The van der Waals surface area contributed by atoms with Gasteiger partial charge in [-0.2, -0.15) is 0 Å². The quantitative estimate of drug-likeness (QED) is 0.368. The molecule has 0 spiro atoms. The van der Waals surface area contributed by atoms with Crippen LogP contribution in [0.2, 0.25) is 5.02 Å². The van der Waals surface area contributed by atoms with Gasteiger partial charge in [0, 0.05) is 23.7 Å². The van der Waals surface area contributed by atoms with Crippen molar-refractivity contribution < 1.29 is 8.42 Å². The van der Waals surface area contributed by atoms with Crippen molar-refractivity contribution >= 4 is 44.6 Å². The lowest BCUT2D eigenvalue weighted by Gasteiger charge is -2.32. The van der Waals surface area contributed by atoms with Crippen LogP contribution < -0.4 is 0 Å². The smallest absolute Gasteiger partial charge is 0.200 e. The van der Waals surface area contributed by atoms with Gasteiger partial charge in [0.1, 0.15) is 10.9 Å². The van der Waals surface area contributed by atoms with Crippen LogP contribution in [0.5, 0.6) is 0 Å². The third-order valence-electron chi connectivity index (χ3n) is 5.94. The minimum absolute atomic E-state index is 0.231. The normalized spacial score (nSPS) is 18.0. The molecule has 0 radical (unpaired) electrons. The predicted octanol–water partition coefficient (Wildman–Crippen LogP) is 6.73. The number of amidine groups is 1. The number of rotatable bonds is 6. The van der Waals surface area contributed by atoms with E-state index in [0.717, 1.165) is 16.7 Å². The third kappa shape index (κ3) is 4.42. The summed E-state index contributed by atoms with van der Waals surface area (Å²) in [4.78, 5) is 7.29. The average molecular weight is 511 g/mol. The molecule has 1 aliphatic heterocycles. The third-order valence-corrected chi connectivity index (χ3v) is 10.3. The lowest BCUT2D eigenvalue weighted by atomic mass is 9.99. The number of benzene rings is 3. The first kappa shape index (κ1) is 24.6. The van der Waals surface area contributed by atoms with E-state index in [9.17, 15) is 8.42 Å². The summed E-state index contributed by atoms with van der Waals surface area (Å²) in [5.41, 5.74) is 2.91. The topological polar surface area (TPSA) is 49.7 Å². The van der Waals surface area contributed by atoms with Gasteiger partial charge < -0.3 is 4.90 Å². The summed E-state index contributed by atoms with van der Waals surface area (Å²) in [6.07, 6.45) is 0. The Hall–Kier alpha value is -2.54. The molecule has 1 atom stereocenters. The molecule has 0 bridgehead atoms. The second kappa shape index (κ2) is 9.98. The van der Waals surface area contributed by atoms with Gasteiger partial charge in [-0.25, -0.2) is 13.4 Å². The standard InChI is InChI=1S/C27H27ClN2O2S2/c1-4-30(5-2)26-27(3,34(31,32)23-18-16-22(28)17-19-23)33-25(29-26)24(20-12-8-6-9-13-20)21-14-10-7-11-15-21/h6-19H,4-5H2,1-3H3. The molecule has 3 aromatic carbocycles. The molecule has 3 aromatic rings. The fourth-order valence-electron chi connectivity index (χ4n) is 4.08. The van der Waals surface area contributed by atoms with E-state index in [4.69, 9.17) is 16.6 Å². The molecule has 0 amide bonds. The minimum atomic E-state index is -3.80. The molecule has 4 nitrogen and oxygen atoms in total. The van der Waals surface area contributed by atoms with Crippen molar-refractivity contribution in [1.29, 1.82) is 0 Å². The number of sulfone groups is 1. The van der Waals surface area contributed by atoms with Crippen LogP contribution in [-0.4, -0.2) is 36.3 Å². The average Bonchev–Trinajstić information content (AvgIpc) is 3.20. The van der Waals surface area contributed by atoms with Crippen LogP contribution in [0, 0.1) is 0 Å². The first-order chi connectivity index (χ1) is 16.3. The number of aliphatic imine (C=N–C) groups is 1. The molecule has 4 rings (SSSR count). The summed E-state index contributed by atoms with van der Waals surface area (Å²) < 4.78 is 26.8. The van der Waals surface area contributed by atoms with Crippen molar-refractivity contribution in [2.45, 2.75) is 29.7 Å². The van der Waals surface area contributed by atoms with Crippen LogP contribution in [0.15, 0.2) is 99.8 Å². The Labute approximate surface area is 211 Å². The molecule has 176 valence electrons. The Kier molecular flexibility index (Phi) is 7.22. The van der Waals surface area contributed by atoms with E-state index >= 15 is 0 Å². The van der Waals surface area contributed by atoms with E-state index in [1.807, 2.05) is 79.4 Å². The molecule has 0 aliphatic carbocycles. The Bertz CT molecular complexity index is 1280. The highest BCUT2D eigenvalue weighted by Crippen LogP contribution is 2.51. The van der Waals surface area contributed by atoms with Gasteiger partial charge in [-0.1, -0.05) is 84.0 Å². The van der Waals surface area contributed by atoms with E-state index in [-0.39, 0.29) is 4.90 Å². The molecule has 1 heterocycles. The zero-order valence-corrected chi connectivity index (χ0v) is 21.8. The maximum absolute atomic E-state index is 14.1. The summed E-state index contributed by atoms with van der Waals surface area (Å²) in [5.74, 6) is 0.553. The van der Waals surface area contributed by atoms with Gasteiger partial charge in [0.15, 0.2) is 4.08 Å². The molecule has 7 heteroatoms. The van der Waals surface area contributed by atoms with Gasteiger partial charge in [0.25, 0.3) is 0 Å². The molecule has 1 unspecified atom stereocenters. The van der Waals surface area contributed by atoms with E-state index < -0.39 is 13.9 Å². The fraction of sp³-hybridized carbons (Fsp3) is 0.222. The maximum atomic E-state index is 14.1. The van der Waals surface area contributed by atoms with Crippen molar-refractivity contribution in [3.05, 3.63) is 106 Å². The maximum Gasteiger partial charge on any atom is 0.200 e. The molecule has 0 fully saturated rings. The van der Waals surface area contributed by atoms with E-state index in [0.29, 0.717) is 29.0 Å². The summed E-state index contributed by atoms with van der Waals surface area (Å²) in [6.45, 7) is 7.10.